The van der Waals surface area contributed by atoms with Crippen molar-refractivity contribution in [2.45, 2.75) is 84.6 Å². The van der Waals surface area contributed by atoms with Gasteiger partial charge in [0.2, 0.25) is 6.54 Å². The lowest BCUT2D eigenvalue weighted by Crippen LogP contribution is -2.59. The molecule has 0 radical (unpaired) electrons. The molecular formula is C35H39N3O2+2. The van der Waals surface area contributed by atoms with Crippen LogP contribution in [0.2, 0.25) is 0 Å². The zero-order valence-electron chi connectivity index (χ0n) is 24.8. The molecule has 3 aromatic rings. The van der Waals surface area contributed by atoms with Gasteiger partial charge in [-0.1, -0.05) is 65.8 Å². The summed E-state index contributed by atoms with van der Waals surface area (Å²) in [5.74, 6) is 1.72. The zero-order valence-corrected chi connectivity index (χ0v) is 24.8. The summed E-state index contributed by atoms with van der Waals surface area (Å²) in [6.07, 6.45) is 7.28. The first-order valence-corrected chi connectivity index (χ1v) is 14.3. The van der Waals surface area contributed by atoms with Gasteiger partial charge in [-0.25, -0.2) is 6.57 Å². The van der Waals surface area contributed by atoms with Crippen LogP contribution >= 0.6 is 0 Å². The summed E-state index contributed by atoms with van der Waals surface area (Å²) in [6, 6.07) is 16.3. The van der Waals surface area contributed by atoms with E-state index in [1.807, 2.05) is 0 Å². The average molecular weight is 534 g/mol. The molecule has 1 spiro atoms. The summed E-state index contributed by atoms with van der Waals surface area (Å²) in [4.78, 5) is 3.50. The molecule has 0 aromatic heterocycles. The first-order valence-electron chi connectivity index (χ1n) is 14.3. The van der Waals surface area contributed by atoms with E-state index in [0.717, 1.165) is 58.8 Å². The topological polar surface area (TPSA) is 28.8 Å². The molecule has 6 rings (SSSR count). The monoisotopic (exact) mass is 533 g/mol. The number of aryl methyl sites for hydroxylation is 2. The van der Waals surface area contributed by atoms with Crippen LogP contribution in [-0.4, -0.2) is 34.2 Å². The van der Waals surface area contributed by atoms with E-state index in [-0.39, 0.29) is 10.8 Å². The summed E-state index contributed by atoms with van der Waals surface area (Å²) in [5.41, 5.74) is 8.93. The molecule has 3 aliphatic heterocycles. The van der Waals surface area contributed by atoms with Gasteiger partial charge < -0.3 is 14.3 Å². The fourth-order valence-electron chi connectivity index (χ4n) is 5.99. The molecule has 0 saturated carbocycles. The van der Waals surface area contributed by atoms with Crippen LogP contribution in [0.3, 0.4) is 0 Å². The quantitative estimate of drug-likeness (QED) is 0.195. The van der Waals surface area contributed by atoms with Gasteiger partial charge in [0.1, 0.15) is 0 Å². The standard InChI is InChI=1S/C35H39N3O2/c1-23-17-24(13-11-12-16-36-8)18-25-21-37-29-14-9-10-15-30(29)38-22-26-19-27(33(2,3)4)20-28(34(5,6)7)32(26)40-35(37,38)39-31(23)25/h9-10,14-15,17-22H,11-13,16H2,1-7H3/q+2. The highest BCUT2D eigenvalue weighted by Crippen LogP contribution is 2.51. The van der Waals surface area contributed by atoms with Gasteiger partial charge in [-0.2, -0.15) is 0 Å². The van der Waals surface area contributed by atoms with Crippen LogP contribution < -0.4 is 9.47 Å². The number of benzene rings is 3. The highest BCUT2D eigenvalue weighted by Gasteiger charge is 2.72. The van der Waals surface area contributed by atoms with Crippen LogP contribution in [0.15, 0.2) is 48.5 Å². The Hall–Kier alpha value is -3.91. The molecule has 1 unspecified atom stereocenters. The second kappa shape index (κ2) is 9.06. The molecule has 0 fully saturated rings. The maximum atomic E-state index is 7.13. The number of hydrogen-bond donors (Lipinski definition) is 0. The minimum atomic E-state index is -1.19. The highest BCUT2D eigenvalue weighted by atomic mass is 16.7. The Bertz CT molecular complexity index is 1640. The van der Waals surface area contributed by atoms with E-state index < -0.39 is 6.03 Å². The van der Waals surface area contributed by atoms with Gasteiger partial charge in [-0.3, -0.25) is 0 Å². The molecular weight excluding hydrogens is 494 g/mol. The van der Waals surface area contributed by atoms with Gasteiger partial charge >= 0.3 is 6.03 Å². The molecule has 3 heterocycles. The van der Waals surface area contributed by atoms with Crippen LogP contribution in [0, 0.1) is 13.5 Å². The van der Waals surface area contributed by atoms with Crippen LogP contribution in [0.5, 0.6) is 11.5 Å². The minimum absolute atomic E-state index is 0.00576. The lowest BCUT2D eigenvalue weighted by Gasteiger charge is -2.32. The largest absolute Gasteiger partial charge is 0.715 e. The van der Waals surface area contributed by atoms with Crippen molar-refractivity contribution in [1.82, 2.24) is 0 Å². The smallest absolute Gasteiger partial charge is 0.340 e. The van der Waals surface area contributed by atoms with Crippen molar-refractivity contribution < 1.29 is 18.6 Å². The van der Waals surface area contributed by atoms with Crippen molar-refractivity contribution in [1.29, 1.82) is 0 Å². The van der Waals surface area contributed by atoms with Gasteiger partial charge in [-0.05, 0) is 68.6 Å². The third-order valence-electron chi connectivity index (χ3n) is 8.16. The normalized spacial score (nSPS) is 18.6. The predicted molar refractivity (Wildman–Crippen MR) is 160 cm³/mol. The van der Waals surface area contributed by atoms with Crippen LogP contribution in [0.4, 0.5) is 11.4 Å². The fourth-order valence-corrected chi connectivity index (χ4v) is 5.99. The second-order valence-corrected chi connectivity index (χ2v) is 13.4. The Morgan fingerprint density at radius 2 is 1.43 bits per heavy atom. The van der Waals surface area contributed by atoms with Crippen molar-refractivity contribution in [2.75, 3.05) is 6.54 Å². The first kappa shape index (κ1) is 26.3. The summed E-state index contributed by atoms with van der Waals surface area (Å²) < 4.78 is 18.4. The van der Waals surface area contributed by atoms with Crippen molar-refractivity contribution >= 4 is 23.8 Å². The number of fused-ring (bicyclic) bond motifs is 5. The maximum Gasteiger partial charge on any atom is 0.715 e. The van der Waals surface area contributed by atoms with Gasteiger partial charge in [0.25, 0.3) is 11.4 Å². The molecule has 3 aromatic carbocycles. The average Bonchev–Trinajstić information content (AvgIpc) is 3.16. The van der Waals surface area contributed by atoms with Crippen molar-refractivity contribution in [3.8, 4) is 11.5 Å². The van der Waals surface area contributed by atoms with E-state index in [1.54, 1.807) is 0 Å². The van der Waals surface area contributed by atoms with E-state index in [4.69, 9.17) is 16.0 Å². The molecule has 204 valence electrons. The third kappa shape index (κ3) is 4.13. The Balaban J connectivity index is 1.54. The molecule has 5 nitrogen and oxygen atoms in total. The Morgan fingerprint density at radius 3 is 2.02 bits per heavy atom. The predicted octanol–water partition coefficient (Wildman–Crippen LogP) is 7.77. The third-order valence-corrected chi connectivity index (χ3v) is 8.16. The SMILES string of the molecule is [C-]#[N+]CCCCc1cc(C)c2c(c1)C=[N+]1c3ccccc3[N+]3=Cc4cc(C(C)(C)C)cc(C(C)(C)C)c4OC13O2. The fraction of sp³-hybridized carbons (Fsp3) is 0.400. The van der Waals surface area contributed by atoms with Crippen molar-refractivity contribution in [2.24, 2.45) is 0 Å². The lowest BCUT2D eigenvalue weighted by molar-refractivity contribution is -0.831. The van der Waals surface area contributed by atoms with Crippen LogP contribution in [0.1, 0.15) is 87.8 Å². The Morgan fingerprint density at radius 1 is 0.800 bits per heavy atom. The second-order valence-electron chi connectivity index (χ2n) is 13.4. The summed E-state index contributed by atoms with van der Waals surface area (Å²) in [7, 11) is 0. The summed E-state index contributed by atoms with van der Waals surface area (Å²) >= 11 is 0. The number of hydrogen-bond acceptors (Lipinski definition) is 2. The Kier molecular flexibility index (Phi) is 5.96. The van der Waals surface area contributed by atoms with Gasteiger partial charge in [0.15, 0.2) is 23.9 Å². The molecule has 0 amide bonds. The summed E-state index contributed by atoms with van der Waals surface area (Å²) in [5, 5.41) is 0. The van der Waals surface area contributed by atoms with E-state index in [2.05, 4.69) is 123 Å². The van der Waals surface area contributed by atoms with Gasteiger partial charge in [0, 0.05) is 24.1 Å². The van der Waals surface area contributed by atoms with Crippen LogP contribution in [0.25, 0.3) is 4.85 Å². The number of nitrogens with zero attached hydrogens (tertiary/aromatic N) is 3. The molecule has 40 heavy (non-hydrogen) atoms. The van der Waals surface area contributed by atoms with Crippen LogP contribution in [-0.2, 0) is 17.3 Å². The van der Waals surface area contributed by atoms with E-state index in [1.165, 1.54) is 16.7 Å². The first-order chi connectivity index (χ1) is 18.9. The molecule has 0 saturated heterocycles. The number of rotatable bonds is 4. The lowest BCUT2D eigenvalue weighted by atomic mass is 9.79. The van der Waals surface area contributed by atoms with Crippen molar-refractivity contribution in [3.05, 3.63) is 93.3 Å². The number of para-hydroxylation sites is 2. The van der Waals surface area contributed by atoms with E-state index in [0.29, 0.717) is 6.54 Å². The molecule has 5 heteroatoms. The number of ether oxygens (including phenoxy) is 2. The molecule has 0 bridgehead atoms. The summed E-state index contributed by atoms with van der Waals surface area (Å²) in [6.45, 7) is 23.3. The maximum absolute atomic E-state index is 7.13. The van der Waals surface area contributed by atoms with Gasteiger partial charge in [0.05, 0.1) is 11.1 Å². The zero-order chi connectivity index (χ0) is 28.4. The van der Waals surface area contributed by atoms with E-state index >= 15 is 0 Å². The number of unbranched alkanes of at least 4 members (excludes halogenated alkanes) is 1. The molecule has 0 aliphatic carbocycles. The minimum Gasteiger partial charge on any atom is -0.340 e. The molecule has 0 N–H and O–H groups in total. The Labute approximate surface area is 238 Å². The van der Waals surface area contributed by atoms with E-state index in [9.17, 15) is 0 Å². The molecule has 3 aliphatic rings. The highest BCUT2D eigenvalue weighted by molar-refractivity contribution is 5.87. The molecule has 1 atom stereocenters. The van der Waals surface area contributed by atoms with Crippen molar-refractivity contribution in [3.63, 3.8) is 0 Å². The van der Waals surface area contributed by atoms with Gasteiger partial charge in [-0.15, -0.1) is 0 Å².